The van der Waals surface area contributed by atoms with Gasteiger partial charge in [0.2, 0.25) is 0 Å². The number of sulfone groups is 1. The van der Waals surface area contributed by atoms with Crippen LogP contribution >= 0.6 is 11.6 Å². The molecule has 128 valence electrons. The van der Waals surface area contributed by atoms with Crippen LogP contribution in [0.1, 0.15) is 13.8 Å². The lowest BCUT2D eigenvalue weighted by atomic mass is 10.5. The number of esters is 2. The van der Waals surface area contributed by atoms with E-state index in [-0.39, 0.29) is 22.3 Å². The first-order chi connectivity index (χ1) is 9.85. The second-order valence-electron chi connectivity index (χ2n) is 6.02. The molecule has 0 aliphatic rings. The van der Waals surface area contributed by atoms with Crippen molar-refractivity contribution in [3.05, 3.63) is 9.94 Å². The molecule has 0 amide bonds. The van der Waals surface area contributed by atoms with Gasteiger partial charge in [0.1, 0.15) is 13.2 Å². The molecule has 6 nitrogen and oxygen atoms in total. The molecule has 9 heteroatoms. The van der Waals surface area contributed by atoms with E-state index in [1.54, 1.807) is 0 Å². The first kappa shape index (κ1) is 21.1. The molecule has 0 saturated carbocycles. The molecule has 0 radical (unpaired) electrons. The Labute approximate surface area is 137 Å². The fourth-order valence-electron chi connectivity index (χ4n) is 1.31. The van der Waals surface area contributed by atoms with Crippen molar-refractivity contribution >= 4 is 41.5 Å². The summed E-state index contributed by atoms with van der Waals surface area (Å²) in [6, 6.07) is 0.552. The van der Waals surface area contributed by atoms with E-state index >= 15 is 0 Å². The Bertz CT molecular complexity index is 547. The van der Waals surface area contributed by atoms with E-state index in [1.165, 1.54) is 13.8 Å². The normalized spacial score (nSPS) is 13.4. The number of carbonyl (C=O) groups is 2. The largest absolute Gasteiger partial charge is 0.460 e. The van der Waals surface area contributed by atoms with Crippen molar-refractivity contribution in [1.82, 2.24) is 0 Å². The lowest BCUT2D eigenvalue weighted by Crippen LogP contribution is -2.26. The van der Waals surface area contributed by atoms with Crippen LogP contribution < -0.4 is 0 Å². The summed E-state index contributed by atoms with van der Waals surface area (Å²) in [7, 11) is -5.25. The summed E-state index contributed by atoms with van der Waals surface area (Å²) in [5, 5.41) is -0.146. The fraction of sp³-hybridized carbons (Fsp3) is 0.692. The van der Waals surface area contributed by atoms with Gasteiger partial charge in [-0.05, 0) is 6.04 Å². The molecule has 0 unspecified atom stereocenters. The first-order valence-electron chi connectivity index (χ1n) is 6.72. The van der Waals surface area contributed by atoms with E-state index in [4.69, 9.17) is 21.1 Å². The second kappa shape index (κ2) is 8.69. The lowest BCUT2D eigenvalue weighted by Gasteiger charge is -2.17. The smallest absolute Gasteiger partial charge is 0.302 e. The quantitative estimate of drug-likeness (QED) is 0.481. The van der Waals surface area contributed by atoms with Crippen LogP contribution in [0.15, 0.2) is 9.94 Å². The molecule has 0 aromatic carbocycles. The van der Waals surface area contributed by atoms with Crippen LogP contribution in [0.3, 0.4) is 0 Å². The van der Waals surface area contributed by atoms with E-state index in [2.05, 4.69) is 19.6 Å². The van der Waals surface area contributed by atoms with Gasteiger partial charge >= 0.3 is 11.9 Å². The van der Waals surface area contributed by atoms with E-state index in [1.807, 2.05) is 0 Å². The van der Waals surface area contributed by atoms with Crippen molar-refractivity contribution in [2.24, 2.45) is 0 Å². The summed E-state index contributed by atoms with van der Waals surface area (Å²) in [5.74, 6) is -1.27. The molecule has 0 atom stereocenters. The number of halogens is 1. The van der Waals surface area contributed by atoms with Crippen molar-refractivity contribution in [2.75, 3.05) is 19.0 Å². The minimum absolute atomic E-state index is 0.0738. The maximum atomic E-state index is 12.4. The Hall–Kier alpha value is -0.863. The minimum Gasteiger partial charge on any atom is -0.460 e. The molecule has 22 heavy (non-hydrogen) atoms. The highest BCUT2D eigenvalue weighted by Gasteiger charge is 2.26. The highest BCUT2D eigenvalue weighted by Crippen LogP contribution is 2.21. The zero-order chi connectivity index (χ0) is 17.6. The fourth-order valence-corrected chi connectivity index (χ4v) is 6.18. The summed E-state index contributed by atoms with van der Waals surface area (Å²) in [6.45, 7) is 7.71. The average Bonchev–Trinajstić information content (AvgIpc) is 2.32. The van der Waals surface area contributed by atoms with Crippen LogP contribution in [0.5, 0.6) is 0 Å². The number of hydrogen-bond acceptors (Lipinski definition) is 6. The topological polar surface area (TPSA) is 86.7 Å². The zero-order valence-electron chi connectivity index (χ0n) is 13.6. The Balaban J connectivity index is 5.31. The van der Waals surface area contributed by atoms with Gasteiger partial charge in [-0.2, -0.15) is 0 Å². The second-order valence-corrected chi connectivity index (χ2v) is 14.2. The first-order valence-corrected chi connectivity index (χ1v) is 12.5. The Morgan fingerprint density at radius 2 is 1.45 bits per heavy atom. The lowest BCUT2D eigenvalue weighted by molar-refractivity contribution is -0.141. The van der Waals surface area contributed by atoms with Crippen LogP contribution in [-0.2, 0) is 28.9 Å². The summed E-state index contributed by atoms with van der Waals surface area (Å²) < 4.78 is 34.3. The molecule has 0 saturated heterocycles. The molecule has 0 fully saturated rings. The molecule has 0 N–H and O–H groups in total. The molecular weight excluding hydrogens is 348 g/mol. The van der Waals surface area contributed by atoms with Gasteiger partial charge in [-0.1, -0.05) is 31.2 Å². The van der Waals surface area contributed by atoms with Gasteiger partial charge in [0.05, 0.1) is 15.7 Å². The summed E-state index contributed by atoms with van der Waals surface area (Å²) in [4.78, 5) is 21.5. The Morgan fingerprint density at radius 1 is 1.00 bits per heavy atom. The monoisotopic (exact) mass is 370 g/mol. The maximum Gasteiger partial charge on any atom is 0.302 e. The number of ether oxygens (including phenoxy) is 2. The van der Waals surface area contributed by atoms with Crippen molar-refractivity contribution in [3.8, 4) is 0 Å². The molecule has 0 aliphatic heterocycles. The molecule has 0 rings (SSSR count). The number of rotatable bonds is 8. The predicted octanol–water partition coefficient (Wildman–Crippen LogP) is 2.32. The van der Waals surface area contributed by atoms with Gasteiger partial charge in [-0.15, -0.1) is 0 Å². The van der Waals surface area contributed by atoms with E-state index in [0.29, 0.717) is 6.04 Å². The summed E-state index contributed by atoms with van der Waals surface area (Å²) in [5.41, 5.74) is 0. The average molecular weight is 371 g/mol. The summed E-state index contributed by atoms with van der Waals surface area (Å²) in [6.07, 6.45) is 0. The number of hydrogen-bond donors (Lipinski definition) is 0. The van der Waals surface area contributed by atoms with Crippen molar-refractivity contribution in [1.29, 1.82) is 0 Å². The van der Waals surface area contributed by atoms with Crippen LogP contribution in [0.4, 0.5) is 0 Å². The van der Waals surface area contributed by atoms with E-state index in [9.17, 15) is 18.0 Å². The predicted molar refractivity (Wildman–Crippen MR) is 88.1 cm³/mol. The maximum absolute atomic E-state index is 12.4. The highest BCUT2D eigenvalue weighted by atomic mass is 35.5. The van der Waals surface area contributed by atoms with E-state index in [0.717, 1.165) is 0 Å². The van der Waals surface area contributed by atoms with Crippen LogP contribution in [0, 0.1) is 0 Å². The van der Waals surface area contributed by atoms with Crippen molar-refractivity contribution in [3.63, 3.8) is 0 Å². The SMILES string of the molecule is CC(=O)OC/C(Cl)=C(/COC(C)=O)S(=O)(=O)CC[Si](C)(C)C. The van der Waals surface area contributed by atoms with Gasteiger partial charge < -0.3 is 9.47 Å². The van der Waals surface area contributed by atoms with Gasteiger partial charge in [-0.25, -0.2) is 8.42 Å². The molecule has 0 heterocycles. The minimum atomic E-state index is -3.68. The number of carbonyl (C=O) groups excluding carboxylic acids is 2. The van der Waals surface area contributed by atoms with Gasteiger partial charge in [-0.3, -0.25) is 9.59 Å². The molecular formula is C13H23ClO6SSi. The van der Waals surface area contributed by atoms with Gasteiger partial charge in [0.25, 0.3) is 0 Å². The standard InChI is InChI=1S/C13H23ClO6SSi/c1-10(15)19-8-12(14)13(9-20-11(2)16)21(17,18)6-7-22(3,4)5/h6-9H2,1-5H3/b13-12+. The van der Waals surface area contributed by atoms with Crippen molar-refractivity contribution in [2.45, 2.75) is 39.5 Å². The van der Waals surface area contributed by atoms with Crippen molar-refractivity contribution < 1.29 is 27.5 Å². The third kappa shape index (κ3) is 9.21. The van der Waals surface area contributed by atoms with Crippen LogP contribution in [-0.4, -0.2) is 47.4 Å². The van der Waals surface area contributed by atoms with Gasteiger partial charge in [0.15, 0.2) is 9.84 Å². The Kier molecular flexibility index (Phi) is 8.35. The van der Waals surface area contributed by atoms with E-state index < -0.39 is 36.5 Å². The molecule has 0 aliphatic carbocycles. The van der Waals surface area contributed by atoms with Crippen LogP contribution in [0.2, 0.25) is 25.7 Å². The molecule has 0 bridgehead atoms. The van der Waals surface area contributed by atoms with Gasteiger partial charge in [0, 0.05) is 21.9 Å². The third-order valence-corrected chi connectivity index (χ3v) is 7.03. The zero-order valence-corrected chi connectivity index (χ0v) is 16.1. The molecule has 0 spiro atoms. The summed E-state index contributed by atoms with van der Waals surface area (Å²) >= 11 is 5.95. The Morgan fingerprint density at radius 3 is 1.86 bits per heavy atom. The molecule has 0 aromatic heterocycles. The third-order valence-electron chi connectivity index (χ3n) is 2.61. The highest BCUT2D eigenvalue weighted by molar-refractivity contribution is 7.95. The molecule has 0 aromatic rings. The van der Waals surface area contributed by atoms with Crippen LogP contribution in [0.25, 0.3) is 0 Å².